The minimum absolute atomic E-state index is 0.0406. The third kappa shape index (κ3) is 7.72. The van der Waals surface area contributed by atoms with Crippen LogP contribution < -0.4 is 21.3 Å². The van der Waals surface area contributed by atoms with Crippen molar-refractivity contribution in [3.63, 3.8) is 0 Å². The van der Waals surface area contributed by atoms with E-state index in [2.05, 4.69) is 63.4 Å². The minimum Gasteiger partial charge on any atom is -0.351 e. The van der Waals surface area contributed by atoms with Crippen molar-refractivity contribution in [3.8, 4) is 0 Å². The lowest BCUT2D eigenvalue weighted by Crippen LogP contribution is -2.50. The average Bonchev–Trinajstić information content (AvgIpc) is 3.69. The summed E-state index contributed by atoms with van der Waals surface area (Å²) in [5.74, 6) is 2.72. The molecule has 6 rings (SSSR count). The van der Waals surface area contributed by atoms with Gasteiger partial charge < -0.3 is 21.3 Å². The average molecular weight is 559 g/mol. The van der Waals surface area contributed by atoms with Gasteiger partial charge in [-0.1, -0.05) is 18.9 Å². The van der Waals surface area contributed by atoms with E-state index in [1.54, 1.807) is 6.20 Å². The molecule has 3 aromatic rings. The van der Waals surface area contributed by atoms with Crippen LogP contribution in [0.1, 0.15) is 81.5 Å². The molecule has 2 amide bonds. The fraction of sp³-hybridized carbons (Fsp3) is 0.567. The first kappa shape index (κ1) is 27.4. The Bertz CT molecular complexity index is 1240. The maximum absolute atomic E-state index is 12.7. The third-order valence-electron chi connectivity index (χ3n) is 8.73. The summed E-state index contributed by atoms with van der Waals surface area (Å²) < 4.78 is 0. The molecule has 0 radical (unpaired) electrons. The molecule has 1 aliphatic heterocycles. The second kappa shape index (κ2) is 13.3. The number of amides is 2. The Morgan fingerprint density at radius 3 is 2.37 bits per heavy atom. The van der Waals surface area contributed by atoms with E-state index in [1.807, 2.05) is 24.4 Å². The Morgan fingerprint density at radius 1 is 0.854 bits per heavy atom. The van der Waals surface area contributed by atoms with Gasteiger partial charge in [-0.2, -0.15) is 10.1 Å². The van der Waals surface area contributed by atoms with Gasteiger partial charge in [0.15, 0.2) is 5.82 Å². The van der Waals surface area contributed by atoms with Gasteiger partial charge in [-0.15, -0.1) is 0 Å². The molecule has 5 N–H and O–H groups in total. The highest BCUT2D eigenvalue weighted by atomic mass is 16.2. The zero-order valence-corrected chi connectivity index (χ0v) is 23.7. The van der Waals surface area contributed by atoms with Crippen LogP contribution in [0.3, 0.4) is 0 Å². The van der Waals surface area contributed by atoms with Crippen LogP contribution in [0.4, 0.5) is 22.4 Å². The largest absolute Gasteiger partial charge is 0.351 e. The van der Waals surface area contributed by atoms with Crippen LogP contribution in [-0.4, -0.2) is 67.3 Å². The molecule has 11 nitrogen and oxygen atoms in total. The molecule has 41 heavy (non-hydrogen) atoms. The Hall–Kier alpha value is -3.73. The molecule has 4 heterocycles. The number of H-pyrrole nitrogens is 1. The molecule has 11 heteroatoms. The molecular formula is C30H42N10O. The predicted molar refractivity (Wildman–Crippen MR) is 159 cm³/mol. The maximum Gasteiger partial charge on any atom is 0.315 e. The number of aromatic amines is 1. The van der Waals surface area contributed by atoms with Gasteiger partial charge in [-0.25, -0.2) is 9.78 Å². The zero-order chi connectivity index (χ0) is 27.9. The highest BCUT2D eigenvalue weighted by Crippen LogP contribution is 2.34. The lowest BCUT2D eigenvalue weighted by Gasteiger charge is -2.33. The standard InChI is InChI=1S/C30H42N10O/c41-30(35-24-13-17-40(18-14-24)20-25-7-3-4-15-31-25)34-23-10-8-22(9-11-23)33-29-32-16-12-27(37-29)36-28-19-26(38-39-28)21-5-1-2-6-21/h3-4,7,12,15-16,19,21-24H,1-2,5-6,8-11,13-14,17-18,20H2,(H2,34,35,41)(H3,32,33,36,37,38,39). The number of pyridine rings is 1. The normalized spacial score (nSPS) is 22.3. The number of carbonyl (C=O) groups is 1. The highest BCUT2D eigenvalue weighted by molar-refractivity contribution is 5.74. The molecule has 0 spiro atoms. The first-order valence-corrected chi connectivity index (χ1v) is 15.3. The van der Waals surface area contributed by atoms with Crippen molar-refractivity contribution in [2.24, 2.45) is 0 Å². The summed E-state index contributed by atoms with van der Waals surface area (Å²) in [6.45, 7) is 2.81. The van der Waals surface area contributed by atoms with E-state index >= 15 is 0 Å². The minimum atomic E-state index is -0.0406. The van der Waals surface area contributed by atoms with Gasteiger partial charge in [-0.3, -0.25) is 15.0 Å². The van der Waals surface area contributed by atoms with Gasteiger partial charge in [-0.05, 0) is 69.6 Å². The van der Waals surface area contributed by atoms with Crippen molar-refractivity contribution in [3.05, 3.63) is 54.1 Å². The quantitative estimate of drug-likeness (QED) is 0.255. The van der Waals surface area contributed by atoms with Crippen LogP contribution in [-0.2, 0) is 6.54 Å². The number of anilines is 3. The van der Waals surface area contributed by atoms with Crippen LogP contribution in [0.5, 0.6) is 0 Å². The van der Waals surface area contributed by atoms with Crippen LogP contribution >= 0.6 is 0 Å². The van der Waals surface area contributed by atoms with Crippen molar-refractivity contribution >= 4 is 23.6 Å². The monoisotopic (exact) mass is 558 g/mol. The highest BCUT2D eigenvalue weighted by Gasteiger charge is 2.25. The number of urea groups is 1. The second-order valence-electron chi connectivity index (χ2n) is 11.8. The van der Waals surface area contributed by atoms with Crippen LogP contribution in [0.2, 0.25) is 0 Å². The maximum atomic E-state index is 12.7. The predicted octanol–water partition coefficient (Wildman–Crippen LogP) is 4.68. The third-order valence-corrected chi connectivity index (χ3v) is 8.73. The first-order valence-electron chi connectivity index (χ1n) is 15.3. The summed E-state index contributed by atoms with van der Waals surface area (Å²) in [5.41, 5.74) is 2.30. The van der Waals surface area contributed by atoms with E-state index in [1.165, 1.54) is 31.4 Å². The van der Waals surface area contributed by atoms with Crippen molar-refractivity contribution in [1.29, 1.82) is 0 Å². The molecule has 0 aromatic carbocycles. The Morgan fingerprint density at radius 2 is 1.61 bits per heavy atom. The first-order chi connectivity index (χ1) is 20.2. The topological polar surface area (TPSA) is 136 Å². The van der Waals surface area contributed by atoms with Gasteiger partial charge in [0.2, 0.25) is 5.95 Å². The summed E-state index contributed by atoms with van der Waals surface area (Å²) in [6, 6.07) is 10.7. The van der Waals surface area contributed by atoms with Gasteiger partial charge in [0.25, 0.3) is 0 Å². The summed E-state index contributed by atoms with van der Waals surface area (Å²) in [6.07, 6.45) is 14.4. The number of rotatable bonds is 9. The molecular weight excluding hydrogens is 516 g/mol. The molecule has 218 valence electrons. The molecule has 1 saturated heterocycles. The van der Waals surface area contributed by atoms with E-state index < -0.39 is 0 Å². The summed E-state index contributed by atoms with van der Waals surface area (Å²) in [5, 5.41) is 20.8. The molecule has 0 bridgehead atoms. The Balaban J connectivity index is 0.894. The molecule has 0 atom stereocenters. The number of piperidine rings is 1. The Labute approximate surface area is 241 Å². The number of nitrogens with one attached hydrogen (secondary N) is 5. The molecule has 0 unspecified atom stereocenters. The molecule has 2 saturated carbocycles. The van der Waals surface area contributed by atoms with E-state index in [0.29, 0.717) is 11.9 Å². The van der Waals surface area contributed by atoms with Gasteiger partial charge >= 0.3 is 6.03 Å². The van der Waals surface area contributed by atoms with Gasteiger partial charge in [0, 0.05) is 67.8 Å². The SMILES string of the molecule is O=C(NC1CCC(Nc2nccc(Nc3cc(C4CCCC4)[nH]n3)n2)CC1)NC1CCN(Cc2ccccn2)CC1. The van der Waals surface area contributed by atoms with E-state index in [-0.39, 0.29) is 24.2 Å². The fourth-order valence-corrected chi connectivity index (χ4v) is 6.41. The fourth-order valence-electron chi connectivity index (χ4n) is 6.41. The van der Waals surface area contributed by atoms with Gasteiger partial charge in [0.05, 0.1) is 5.69 Å². The smallest absolute Gasteiger partial charge is 0.315 e. The van der Waals surface area contributed by atoms with Gasteiger partial charge in [0.1, 0.15) is 5.82 Å². The van der Waals surface area contributed by atoms with Crippen molar-refractivity contribution < 1.29 is 4.79 Å². The number of nitrogens with zero attached hydrogens (tertiary/aromatic N) is 5. The zero-order valence-electron chi connectivity index (χ0n) is 23.7. The summed E-state index contributed by atoms with van der Waals surface area (Å²) in [7, 11) is 0. The number of hydrogen-bond acceptors (Lipinski definition) is 8. The van der Waals surface area contributed by atoms with E-state index in [0.717, 1.165) is 75.5 Å². The number of carbonyl (C=O) groups excluding carboxylic acids is 1. The summed E-state index contributed by atoms with van der Waals surface area (Å²) in [4.78, 5) is 28.6. The lowest BCUT2D eigenvalue weighted by molar-refractivity contribution is 0.183. The molecule has 3 fully saturated rings. The Kier molecular flexibility index (Phi) is 8.89. The molecule has 3 aromatic heterocycles. The molecule has 3 aliphatic rings. The van der Waals surface area contributed by atoms with Crippen molar-refractivity contribution in [2.75, 3.05) is 23.7 Å². The lowest BCUT2D eigenvalue weighted by atomic mass is 9.91. The molecule has 2 aliphatic carbocycles. The number of aromatic nitrogens is 5. The second-order valence-corrected chi connectivity index (χ2v) is 11.8. The van der Waals surface area contributed by atoms with Crippen molar-refractivity contribution in [1.82, 2.24) is 40.7 Å². The number of hydrogen-bond donors (Lipinski definition) is 5. The van der Waals surface area contributed by atoms with Crippen LogP contribution in [0, 0.1) is 0 Å². The van der Waals surface area contributed by atoms with E-state index in [9.17, 15) is 4.79 Å². The van der Waals surface area contributed by atoms with E-state index in [4.69, 9.17) is 0 Å². The van der Waals surface area contributed by atoms with Crippen LogP contribution in [0.15, 0.2) is 42.7 Å². The van der Waals surface area contributed by atoms with Crippen molar-refractivity contribution in [2.45, 2.75) is 94.8 Å². The number of likely N-dealkylation sites (tertiary alicyclic amines) is 1. The summed E-state index contributed by atoms with van der Waals surface area (Å²) >= 11 is 0. The van der Waals surface area contributed by atoms with Crippen LogP contribution in [0.25, 0.3) is 0 Å².